The van der Waals surface area contributed by atoms with Gasteiger partial charge in [-0.15, -0.1) is 0 Å². The van der Waals surface area contributed by atoms with Crippen molar-refractivity contribution >= 4 is 11.7 Å². The molecule has 1 aromatic rings. The molecule has 0 amide bonds. The highest BCUT2D eigenvalue weighted by Crippen LogP contribution is 2.15. The summed E-state index contributed by atoms with van der Waals surface area (Å²) in [6.07, 6.45) is 0. The fourth-order valence-electron chi connectivity index (χ4n) is 1.32. The maximum absolute atomic E-state index is 11.3. The van der Waals surface area contributed by atoms with Gasteiger partial charge in [0.15, 0.2) is 0 Å². The summed E-state index contributed by atoms with van der Waals surface area (Å²) in [5, 5.41) is 3.31. The second-order valence-corrected chi connectivity index (χ2v) is 4.73. The Bertz CT molecular complexity index is 396. The van der Waals surface area contributed by atoms with Crippen molar-refractivity contribution in [2.45, 2.75) is 26.3 Å². The van der Waals surface area contributed by atoms with Crippen LogP contribution in [0.2, 0.25) is 0 Å². The number of ether oxygens (including phenoxy) is 1. The Kier molecular flexibility index (Phi) is 4.32. The molecule has 0 aliphatic carbocycles. The van der Waals surface area contributed by atoms with Crippen molar-refractivity contribution in [3.8, 4) is 0 Å². The lowest BCUT2D eigenvalue weighted by molar-refractivity contribution is -0.140. The van der Waals surface area contributed by atoms with Gasteiger partial charge in [-0.25, -0.2) is 4.79 Å². The molecule has 0 radical (unpaired) electrons. The van der Waals surface area contributed by atoms with Gasteiger partial charge in [-0.3, -0.25) is 0 Å². The van der Waals surface area contributed by atoms with E-state index in [2.05, 4.69) is 11.9 Å². The van der Waals surface area contributed by atoms with Crippen LogP contribution in [-0.2, 0) is 9.53 Å². The van der Waals surface area contributed by atoms with Gasteiger partial charge in [0.25, 0.3) is 0 Å². The molecule has 0 fully saturated rings. The monoisotopic (exact) mass is 233 g/mol. The highest BCUT2D eigenvalue weighted by Gasteiger charge is 2.20. The van der Waals surface area contributed by atoms with E-state index in [0.29, 0.717) is 12.2 Å². The molecule has 0 saturated carbocycles. The number of para-hydroxylation sites is 1. The molecule has 17 heavy (non-hydrogen) atoms. The molecule has 1 N–H and O–H groups in total. The van der Waals surface area contributed by atoms with Gasteiger partial charge < -0.3 is 10.1 Å². The minimum absolute atomic E-state index is 0.299. The van der Waals surface area contributed by atoms with Crippen LogP contribution in [0, 0.1) is 0 Å². The van der Waals surface area contributed by atoms with Gasteiger partial charge in [0, 0.05) is 11.3 Å². The molecule has 3 nitrogen and oxygen atoms in total. The van der Waals surface area contributed by atoms with Crippen molar-refractivity contribution in [2.24, 2.45) is 0 Å². The van der Waals surface area contributed by atoms with E-state index in [1.165, 1.54) is 0 Å². The zero-order chi connectivity index (χ0) is 12.9. The molecule has 1 rings (SSSR count). The van der Waals surface area contributed by atoms with Crippen molar-refractivity contribution in [3.63, 3.8) is 0 Å². The third kappa shape index (κ3) is 4.72. The van der Waals surface area contributed by atoms with E-state index in [1.807, 2.05) is 44.2 Å². The number of hydrogen-bond acceptors (Lipinski definition) is 3. The second kappa shape index (κ2) is 5.53. The first kappa shape index (κ1) is 13.3. The van der Waals surface area contributed by atoms with Gasteiger partial charge in [-0.2, -0.15) is 0 Å². The van der Waals surface area contributed by atoms with Crippen molar-refractivity contribution in [1.82, 2.24) is 0 Å². The highest BCUT2D eigenvalue weighted by molar-refractivity contribution is 5.86. The van der Waals surface area contributed by atoms with Crippen LogP contribution >= 0.6 is 0 Å². The summed E-state index contributed by atoms with van der Waals surface area (Å²) in [6, 6.07) is 9.82. The lowest BCUT2D eigenvalue weighted by atomic mass is 10.1. The summed E-state index contributed by atoms with van der Waals surface area (Å²) in [7, 11) is 0. The minimum Gasteiger partial charge on any atom is -0.460 e. The summed E-state index contributed by atoms with van der Waals surface area (Å²) < 4.78 is 5.14. The number of hydrogen-bond donors (Lipinski definition) is 1. The van der Waals surface area contributed by atoms with E-state index in [1.54, 1.807) is 6.92 Å². The lowest BCUT2D eigenvalue weighted by Crippen LogP contribution is -2.37. The van der Waals surface area contributed by atoms with Gasteiger partial charge in [0.2, 0.25) is 0 Å². The Morgan fingerprint density at radius 1 is 1.35 bits per heavy atom. The molecule has 3 heteroatoms. The van der Waals surface area contributed by atoms with E-state index in [0.717, 1.165) is 5.69 Å². The predicted molar refractivity (Wildman–Crippen MR) is 69.9 cm³/mol. The fourth-order valence-corrected chi connectivity index (χ4v) is 1.32. The number of nitrogens with one attached hydrogen (secondary N) is 1. The van der Waals surface area contributed by atoms with Gasteiger partial charge in [0.05, 0.1) is 5.54 Å². The quantitative estimate of drug-likeness (QED) is 0.627. The van der Waals surface area contributed by atoms with Crippen molar-refractivity contribution in [2.75, 3.05) is 11.9 Å². The zero-order valence-corrected chi connectivity index (χ0v) is 10.6. The molecular formula is C14H19NO2. The average molecular weight is 233 g/mol. The molecule has 0 saturated heterocycles. The molecule has 0 aliphatic rings. The largest absolute Gasteiger partial charge is 0.460 e. The molecule has 0 aliphatic heterocycles. The molecule has 0 atom stereocenters. The first-order chi connectivity index (χ1) is 7.91. The van der Waals surface area contributed by atoms with Gasteiger partial charge in [0.1, 0.15) is 6.61 Å². The Labute approximate surface area is 102 Å². The van der Waals surface area contributed by atoms with Crippen molar-refractivity contribution in [3.05, 3.63) is 42.5 Å². The van der Waals surface area contributed by atoms with Gasteiger partial charge in [-0.05, 0) is 32.9 Å². The maximum atomic E-state index is 11.3. The van der Waals surface area contributed by atoms with E-state index < -0.39 is 0 Å². The molecule has 0 spiro atoms. The SMILES string of the molecule is C=C(C)C(=O)OCC(C)(C)Nc1ccccc1. The van der Waals surface area contributed by atoms with Crippen LogP contribution in [0.3, 0.4) is 0 Å². The molecule has 92 valence electrons. The Morgan fingerprint density at radius 2 is 1.94 bits per heavy atom. The average Bonchev–Trinajstić information content (AvgIpc) is 2.26. The predicted octanol–water partition coefficient (Wildman–Crippen LogP) is 3.00. The minimum atomic E-state index is -0.354. The number of carbonyl (C=O) groups is 1. The molecule has 1 aromatic carbocycles. The van der Waals surface area contributed by atoms with Crippen molar-refractivity contribution < 1.29 is 9.53 Å². The van der Waals surface area contributed by atoms with Crippen LogP contribution in [0.15, 0.2) is 42.5 Å². The number of benzene rings is 1. The van der Waals surface area contributed by atoms with E-state index >= 15 is 0 Å². The van der Waals surface area contributed by atoms with Crippen LogP contribution < -0.4 is 5.32 Å². The lowest BCUT2D eigenvalue weighted by Gasteiger charge is -2.27. The van der Waals surface area contributed by atoms with Gasteiger partial charge in [-0.1, -0.05) is 24.8 Å². The molecule has 0 unspecified atom stereocenters. The normalized spacial score (nSPS) is 10.8. The number of esters is 1. The summed E-state index contributed by atoms with van der Waals surface area (Å²) in [4.78, 5) is 11.3. The van der Waals surface area contributed by atoms with Crippen LogP contribution in [-0.4, -0.2) is 18.1 Å². The van der Waals surface area contributed by atoms with Crippen molar-refractivity contribution in [1.29, 1.82) is 0 Å². The van der Waals surface area contributed by atoms with Gasteiger partial charge >= 0.3 is 5.97 Å². The summed E-state index contributed by atoms with van der Waals surface area (Å²) in [5.41, 5.74) is 1.11. The standard InChI is InChI=1S/C14H19NO2/c1-11(2)13(16)17-10-14(3,4)15-12-8-6-5-7-9-12/h5-9,15H,1,10H2,2-4H3. The highest BCUT2D eigenvalue weighted by atomic mass is 16.5. The van der Waals surface area contributed by atoms with Crippen LogP contribution in [0.1, 0.15) is 20.8 Å². The Hall–Kier alpha value is -1.77. The third-order valence-electron chi connectivity index (χ3n) is 2.17. The Morgan fingerprint density at radius 3 is 2.47 bits per heavy atom. The van der Waals surface area contributed by atoms with E-state index in [-0.39, 0.29) is 11.5 Å². The first-order valence-electron chi connectivity index (χ1n) is 5.56. The summed E-state index contributed by atoms with van der Waals surface area (Å²) >= 11 is 0. The number of carbonyl (C=O) groups excluding carboxylic acids is 1. The van der Waals surface area contributed by atoms with Crippen LogP contribution in [0.4, 0.5) is 5.69 Å². The summed E-state index contributed by atoms with van der Waals surface area (Å²) in [5.74, 6) is -0.354. The molecular weight excluding hydrogens is 214 g/mol. The maximum Gasteiger partial charge on any atom is 0.333 e. The molecule has 0 bridgehead atoms. The Balaban J connectivity index is 2.52. The fraction of sp³-hybridized carbons (Fsp3) is 0.357. The smallest absolute Gasteiger partial charge is 0.333 e. The number of rotatable bonds is 5. The number of anilines is 1. The first-order valence-corrected chi connectivity index (χ1v) is 5.56. The molecule has 0 aromatic heterocycles. The van der Waals surface area contributed by atoms with Crippen LogP contribution in [0.25, 0.3) is 0 Å². The second-order valence-electron chi connectivity index (χ2n) is 4.73. The molecule has 0 heterocycles. The third-order valence-corrected chi connectivity index (χ3v) is 2.17. The van der Waals surface area contributed by atoms with E-state index in [4.69, 9.17) is 4.74 Å². The topological polar surface area (TPSA) is 38.3 Å². The van der Waals surface area contributed by atoms with E-state index in [9.17, 15) is 4.79 Å². The van der Waals surface area contributed by atoms with Crippen LogP contribution in [0.5, 0.6) is 0 Å². The summed E-state index contributed by atoms with van der Waals surface area (Å²) in [6.45, 7) is 9.44. The zero-order valence-electron chi connectivity index (χ0n) is 10.6.